The fraction of sp³-hybridized carbons (Fsp3) is 0.121. The third kappa shape index (κ3) is 7.50. The molecule has 10 aromatic carbocycles. The smallest absolute Gasteiger partial charge is 0.136 e. The molecule has 0 amide bonds. The van der Waals surface area contributed by atoms with Crippen molar-refractivity contribution in [1.82, 2.24) is 0 Å². The Hall–Kier alpha value is -7.72. The van der Waals surface area contributed by atoms with E-state index in [1.165, 1.54) is 69.9 Å². The van der Waals surface area contributed by atoms with Gasteiger partial charge >= 0.3 is 0 Å². The molecule has 0 unspecified atom stereocenters. The molecule has 0 saturated heterocycles. The van der Waals surface area contributed by atoms with Crippen LogP contribution in [0.4, 0.5) is 17.1 Å². The molecule has 0 bridgehead atoms. The highest BCUT2D eigenvalue weighted by Crippen LogP contribution is 2.49. The van der Waals surface area contributed by atoms with E-state index in [4.69, 9.17) is 4.42 Å². The molecule has 0 radical (unpaired) electrons. The van der Waals surface area contributed by atoms with E-state index in [0.29, 0.717) is 0 Å². The van der Waals surface area contributed by atoms with Crippen LogP contribution >= 0.6 is 11.3 Å². The lowest BCUT2D eigenvalue weighted by atomic mass is 9.78. The van der Waals surface area contributed by atoms with E-state index in [2.05, 4.69) is 253 Å². The van der Waals surface area contributed by atoms with Crippen molar-refractivity contribution >= 4 is 81.3 Å². The highest BCUT2D eigenvalue weighted by molar-refractivity contribution is 7.26. The van der Waals surface area contributed by atoms with Crippen molar-refractivity contribution in [2.45, 2.75) is 52.4 Å². The molecule has 0 atom stereocenters. The highest BCUT2D eigenvalue weighted by atomic mass is 32.1. The summed E-state index contributed by atoms with van der Waals surface area (Å²) in [5.41, 5.74) is 17.1. The van der Waals surface area contributed by atoms with Gasteiger partial charge in [0.05, 0.1) is 11.4 Å². The maximum atomic E-state index is 6.49. The minimum Gasteiger partial charge on any atom is -0.456 e. The summed E-state index contributed by atoms with van der Waals surface area (Å²) < 4.78 is 9.12. The molecule has 334 valence electrons. The molecular formula is C66H53NOS. The monoisotopic (exact) mass is 907 g/mol. The average molecular weight is 908 g/mol. The number of thiophene rings is 1. The molecule has 0 aliphatic rings. The van der Waals surface area contributed by atoms with Crippen molar-refractivity contribution in [1.29, 1.82) is 0 Å². The van der Waals surface area contributed by atoms with Gasteiger partial charge in [-0.1, -0.05) is 205 Å². The Balaban J connectivity index is 1.08. The summed E-state index contributed by atoms with van der Waals surface area (Å²) in [4.78, 5) is 2.47. The Kier molecular flexibility index (Phi) is 10.2. The minimum absolute atomic E-state index is 0.0151. The van der Waals surface area contributed by atoms with Gasteiger partial charge in [0.1, 0.15) is 11.2 Å². The minimum atomic E-state index is -0.0151. The number of nitrogens with zero attached hydrogens (tertiary/aromatic N) is 1. The van der Waals surface area contributed by atoms with Crippen molar-refractivity contribution < 1.29 is 4.42 Å². The third-order valence-electron chi connectivity index (χ3n) is 14.0. The zero-order valence-corrected chi connectivity index (χ0v) is 40.8. The van der Waals surface area contributed by atoms with E-state index in [-0.39, 0.29) is 10.8 Å². The summed E-state index contributed by atoms with van der Waals surface area (Å²) in [5, 5.41) is 7.32. The van der Waals surface area contributed by atoms with E-state index in [0.717, 1.165) is 55.7 Å². The number of furan rings is 1. The Bertz CT molecular complexity index is 3890. The van der Waals surface area contributed by atoms with Gasteiger partial charge in [0.15, 0.2) is 0 Å². The second-order valence-corrected chi connectivity index (χ2v) is 21.6. The number of anilines is 3. The Morgan fingerprint density at radius 1 is 0.377 bits per heavy atom. The van der Waals surface area contributed by atoms with Gasteiger partial charge in [-0.25, -0.2) is 0 Å². The molecule has 0 spiro atoms. The van der Waals surface area contributed by atoms with Crippen LogP contribution in [0.5, 0.6) is 0 Å². The summed E-state index contributed by atoms with van der Waals surface area (Å²) >= 11 is 1.87. The van der Waals surface area contributed by atoms with Crippen LogP contribution in [0.15, 0.2) is 217 Å². The third-order valence-corrected chi connectivity index (χ3v) is 15.2. The molecule has 12 rings (SSSR count). The quantitative estimate of drug-likeness (QED) is 0.158. The maximum absolute atomic E-state index is 6.49. The lowest BCUT2D eigenvalue weighted by molar-refractivity contribution is 0.569. The highest BCUT2D eigenvalue weighted by Gasteiger charge is 2.25. The molecule has 0 saturated carbocycles. The first-order chi connectivity index (χ1) is 33.5. The van der Waals surface area contributed by atoms with E-state index in [1.54, 1.807) is 0 Å². The largest absolute Gasteiger partial charge is 0.456 e. The summed E-state index contributed by atoms with van der Waals surface area (Å²) in [7, 11) is 0. The predicted octanol–water partition coefficient (Wildman–Crippen LogP) is 19.8. The average Bonchev–Trinajstić information content (AvgIpc) is 3.94. The van der Waals surface area contributed by atoms with Crippen molar-refractivity contribution in [3.63, 3.8) is 0 Å². The van der Waals surface area contributed by atoms with Crippen LogP contribution in [0.2, 0.25) is 0 Å². The number of hydrogen-bond donors (Lipinski definition) is 0. The standard InChI is InChI=1S/C66H53NOS/c1-65(2,3)46-38-45(39-47(41-46)66(4,5)6)50-24-15-18-43-19-16-26-56(63(43)50)52-21-8-12-29-59(52)67(48-35-32-42(33-36-48)51-25-17-27-57-55-23-10-14-31-62(55)69-64(51)57)58-28-11-7-20-49(58)44-34-37-54-53-22-9-13-30-60(53)68-61(54)40-44/h7-41H,1-6H3. The topological polar surface area (TPSA) is 16.4 Å². The van der Waals surface area contributed by atoms with Crippen molar-refractivity contribution in [3.05, 3.63) is 223 Å². The second kappa shape index (κ2) is 16.5. The fourth-order valence-electron chi connectivity index (χ4n) is 10.3. The molecule has 0 aliphatic heterocycles. The van der Waals surface area contributed by atoms with Gasteiger partial charge in [0, 0.05) is 47.8 Å². The van der Waals surface area contributed by atoms with Gasteiger partial charge in [0.2, 0.25) is 0 Å². The van der Waals surface area contributed by atoms with Crippen LogP contribution in [-0.4, -0.2) is 0 Å². The molecule has 2 nitrogen and oxygen atoms in total. The van der Waals surface area contributed by atoms with Gasteiger partial charge in [-0.3, -0.25) is 0 Å². The van der Waals surface area contributed by atoms with Crippen LogP contribution in [-0.2, 0) is 10.8 Å². The second-order valence-electron chi connectivity index (χ2n) is 20.5. The Morgan fingerprint density at radius 3 is 1.67 bits per heavy atom. The lowest BCUT2D eigenvalue weighted by Crippen LogP contribution is -2.16. The summed E-state index contributed by atoms with van der Waals surface area (Å²) in [6.45, 7) is 13.9. The van der Waals surface area contributed by atoms with Crippen molar-refractivity contribution in [2.75, 3.05) is 4.90 Å². The summed E-state index contributed by atoms with van der Waals surface area (Å²) in [6.07, 6.45) is 0. The van der Waals surface area contributed by atoms with Crippen molar-refractivity contribution in [3.8, 4) is 44.5 Å². The van der Waals surface area contributed by atoms with Crippen LogP contribution < -0.4 is 4.90 Å². The number of para-hydroxylation sites is 3. The van der Waals surface area contributed by atoms with Crippen LogP contribution in [0, 0.1) is 0 Å². The first-order valence-electron chi connectivity index (χ1n) is 24.1. The van der Waals surface area contributed by atoms with E-state index in [1.807, 2.05) is 17.4 Å². The number of hydrogen-bond acceptors (Lipinski definition) is 3. The number of benzene rings is 10. The zero-order valence-electron chi connectivity index (χ0n) is 40.0. The lowest BCUT2D eigenvalue weighted by Gasteiger charge is -2.30. The van der Waals surface area contributed by atoms with E-state index in [9.17, 15) is 0 Å². The Morgan fingerprint density at radius 2 is 0.928 bits per heavy atom. The molecule has 2 heterocycles. The first-order valence-corrected chi connectivity index (χ1v) is 24.9. The first kappa shape index (κ1) is 42.6. The van der Waals surface area contributed by atoms with Gasteiger partial charge in [-0.05, 0) is 115 Å². The van der Waals surface area contributed by atoms with E-state index >= 15 is 0 Å². The number of fused-ring (bicyclic) bond motifs is 7. The summed E-state index contributed by atoms with van der Waals surface area (Å²) in [6, 6.07) is 78.3. The summed E-state index contributed by atoms with van der Waals surface area (Å²) in [5.74, 6) is 0. The molecule has 0 N–H and O–H groups in total. The van der Waals surface area contributed by atoms with Gasteiger partial charge in [-0.2, -0.15) is 0 Å². The van der Waals surface area contributed by atoms with E-state index < -0.39 is 0 Å². The van der Waals surface area contributed by atoms with Gasteiger partial charge in [0.25, 0.3) is 0 Å². The molecule has 0 aliphatic carbocycles. The zero-order chi connectivity index (χ0) is 47.0. The normalized spacial score (nSPS) is 12.2. The van der Waals surface area contributed by atoms with Gasteiger partial charge in [-0.15, -0.1) is 11.3 Å². The molecule has 69 heavy (non-hydrogen) atoms. The number of rotatable bonds is 7. The molecular weight excluding hydrogens is 855 g/mol. The van der Waals surface area contributed by atoms with Crippen LogP contribution in [0.25, 0.3) is 97.4 Å². The molecule has 2 aromatic heterocycles. The molecule has 0 fully saturated rings. The van der Waals surface area contributed by atoms with Crippen LogP contribution in [0.1, 0.15) is 52.7 Å². The van der Waals surface area contributed by atoms with Crippen molar-refractivity contribution in [2.24, 2.45) is 0 Å². The van der Waals surface area contributed by atoms with Gasteiger partial charge < -0.3 is 9.32 Å². The van der Waals surface area contributed by atoms with Crippen LogP contribution in [0.3, 0.4) is 0 Å². The molecule has 12 aromatic rings. The predicted molar refractivity (Wildman–Crippen MR) is 298 cm³/mol. The molecule has 3 heteroatoms. The fourth-order valence-corrected chi connectivity index (χ4v) is 11.6. The maximum Gasteiger partial charge on any atom is 0.136 e. The Labute approximate surface area is 408 Å². The SMILES string of the molecule is CC(C)(C)c1cc(-c2cccc3cccc(-c4ccccc4N(c4ccc(-c5cccc6c5sc5ccccc56)cc4)c4ccccc4-c4ccc5c(c4)oc4ccccc45)c23)cc(C(C)(C)C)c1.